The van der Waals surface area contributed by atoms with Crippen LogP contribution in [0.1, 0.15) is 36.6 Å². The molecule has 0 spiro atoms. The zero-order valence-electron chi connectivity index (χ0n) is 21.1. The summed E-state index contributed by atoms with van der Waals surface area (Å²) in [6, 6.07) is 10.6. The fourth-order valence-electron chi connectivity index (χ4n) is 4.28. The average molecular weight is 537 g/mol. The minimum Gasteiger partial charge on any atom is -0.504 e. The summed E-state index contributed by atoms with van der Waals surface area (Å²) in [5.74, 6) is -0.135. The van der Waals surface area contributed by atoms with E-state index in [0.717, 1.165) is 10.5 Å². The van der Waals surface area contributed by atoms with E-state index in [1.165, 1.54) is 18.4 Å². The monoisotopic (exact) mass is 536 g/mol. The van der Waals surface area contributed by atoms with Gasteiger partial charge >= 0.3 is 5.97 Å². The third-order valence-electron chi connectivity index (χ3n) is 6.01. The van der Waals surface area contributed by atoms with Gasteiger partial charge in [-0.05, 0) is 68.0 Å². The Morgan fingerprint density at radius 3 is 2.65 bits per heavy atom. The number of thioether (sulfide) groups is 1. The molecule has 0 aliphatic carbocycles. The lowest BCUT2D eigenvalue weighted by Gasteiger charge is -2.24. The number of benzene rings is 2. The van der Waals surface area contributed by atoms with Crippen LogP contribution in [-0.2, 0) is 16.0 Å². The van der Waals surface area contributed by atoms with E-state index in [-0.39, 0.29) is 17.9 Å². The Balaban J connectivity index is 1.94. The van der Waals surface area contributed by atoms with Crippen LogP contribution < -0.4 is 19.6 Å². The summed E-state index contributed by atoms with van der Waals surface area (Å²) in [5.41, 5.74) is 2.72. The summed E-state index contributed by atoms with van der Waals surface area (Å²) in [7, 11) is 1.48. The summed E-state index contributed by atoms with van der Waals surface area (Å²) in [4.78, 5) is 33.0. The third kappa shape index (κ3) is 5.14. The molecule has 0 fully saturated rings. The number of nitrogens with zero attached hydrogens (tertiary/aromatic N) is 2. The number of carbonyl (C=O) groups excluding carboxylic acids is 1. The Hall–Kier alpha value is -3.56. The molecule has 3 aromatic rings. The molecule has 2 aromatic carbocycles. The van der Waals surface area contributed by atoms with E-state index in [1.807, 2.05) is 30.5 Å². The normalized spacial score (nSPS) is 15.2. The highest BCUT2D eigenvalue weighted by Gasteiger charge is 2.33. The Morgan fingerprint density at radius 2 is 2.03 bits per heavy atom. The molecule has 2 heterocycles. The van der Waals surface area contributed by atoms with Crippen LogP contribution in [0.2, 0.25) is 0 Å². The highest BCUT2D eigenvalue weighted by atomic mass is 32.2. The molecule has 1 unspecified atom stereocenters. The maximum absolute atomic E-state index is 13.8. The number of ether oxygens (including phenoxy) is 2. The van der Waals surface area contributed by atoms with Crippen molar-refractivity contribution < 1.29 is 19.4 Å². The zero-order valence-corrected chi connectivity index (χ0v) is 22.7. The third-order valence-corrected chi connectivity index (χ3v) is 7.73. The molecule has 0 amide bonds. The minimum atomic E-state index is -0.668. The predicted molar refractivity (Wildman–Crippen MR) is 147 cm³/mol. The molecule has 192 valence electrons. The molecule has 1 atom stereocenters. The zero-order chi connectivity index (χ0) is 26.7. The van der Waals surface area contributed by atoms with Gasteiger partial charge in [-0.2, -0.15) is 0 Å². The molecule has 1 N–H and O–H groups in total. The molecule has 9 heteroatoms. The molecule has 1 aliphatic rings. The highest BCUT2D eigenvalue weighted by Crippen LogP contribution is 2.33. The topological polar surface area (TPSA) is 90.1 Å². The predicted octanol–water partition coefficient (Wildman–Crippen LogP) is 3.96. The molecule has 4 rings (SSSR count). The van der Waals surface area contributed by atoms with Crippen LogP contribution in [0.5, 0.6) is 11.5 Å². The number of methoxy groups -OCH3 is 1. The van der Waals surface area contributed by atoms with Crippen molar-refractivity contribution in [3.63, 3.8) is 0 Å². The number of phenolic OH excluding ortho intramolecular Hbond substituents is 1. The number of aromatic nitrogens is 1. The number of fused-ring (bicyclic) bond motifs is 1. The van der Waals surface area contributed by atoms with Gasteiger partial charge in [-0.25, -0.2) is 9.79 Å². The number of thiazole rings is 1. The van der Waals surface area contributed by atoms with Crippen LogP contribution >= 0.6 is 23.1 Å². The number of esters is 1. The first kappa shape index (κ1) is 26.5. The number of phenols is 1. The second-order valence-electron chi connectivity index (χ2n) is 8.30. The smallest absolute Gasteiger partial charge is 0.338 e. The summed E-state index contributed by atoms with van der Waals surface area (Å²) in [5, 5.41) is 10.4. The number of aromatic hydroxyl groups is 1. The SMILES string of the molecule is C=CCc1cc(C=c2sc3n(c2=O)C(c2ccc(SC)cc2)C(C(=O)OCC)=C(C)N=3)cc(OC)c1O. The first-order valence-corrected chi connectivity index (χ1v) is 13.7. The van der Waals surface area contributed by atoms with Crippen LogP contribution in [-0.4, -0.2) is 35.6 Å². The molecule has 0 bridgehead atoms. The van der Waals surface area contributed by atoms with E-state index in [2.05, 4.69) is 11.6 Å². The Bertz CT molecular complexity index is 1570. The molecular formula is C28H28N2O5S2. The lowest BCUT2D eigenvalue weighted by molar-refractivity contribution is -0.139. The molecule has 0 saturated heterocycles. The van der Waals surface area contributed by atoms with E-state index >= 15 is 0 Å². The summed E-state index contributed by atoms with van der Waals surface area (Å²) in [6.45, 7) is 7.47. The fraction of sp³-hybridized carbons (Fsp3) is 0.250. The maximum Gasteiger partial charge on any atom is 0.338 e. The van der Waals surface area contributed by atoms with Crippen LogP contribution in [0, 0.1) is 0 Å². The van der Waals surface area contributed by atoms with Gasteiger partial charge in [-0.1, -0.05) is 29.5 Å². The number of hydrogen-bond donors (Lipinski definition) is 1. The second kappa shape index (κ2) is 11.2. The van der Waals surface area contributed by atoms with E-state index in [0.29, 0.717) is 43.9 Å². The van der Waals surface area contributed by atoms with E-state index < -0.39 is 12.0 Å². The molecule has 1 aliphatic heterocycles. The van der Waals surface area contributed by atoms with Crippen molar-refractivity contribution in [2.75, 3.05) is 20.0 Å². The largest absolute Gasteiger partial charge is 0.504 e. The molecule has 1 aromatic heterocycles. The van der Waals surface area contributed by atoms with Crippen molar-refractivity contribution in [1.29, 1.82) is 0 Å². The van der Waals surface area contributed by atoms with Gasteiger partial charge in [-0.3, -0.25) is 9.36 Å². The van der Waals surface area contributed by atoms with Crippen molar-refractivity contribution in [2.45, 2.75) is 31.2 Å². The molecular weight excluding hydrogens is 508 g/mol. The summed E-state index contributed by atoms with van der Waals surface area (Å²) < 4.78 is 12.7. The van der Waals surface area contributed by atoms with Crippen LogP contribution in [0.25, 0.3) is 6.08 Å². The average Bonchev–Trinajstić information content (AvgIpc) is 3.19. The van der Waals surface area contributed by atoms with Crippen molar-refractivity contribution in [2.24, 2.45) is 4.99 Å². The fourth-order valence-corrected chi connectivity index (χ4v) is 5.74. The van der Waals surface area contributed by atoms with Gasteiger partial charge in [0, 0.05) is 10.5 Å². The Labute approximate surface area is 223 Å². The van der Waals surface area contributed by atoms with E-state index in [4.69, 9.17) is 9.47 Å². The van der Waals surface area contributed by atoms with E-state index in [9.17, 15) is 14.7 Å². The van der Waals surface area contributed by atoms with Gasteiger partial charge in [0.25, 0.3) is 5.56 Å². The van der Waals surface area contributed by atoms with Gasteiger partial charge < -0.3 is 14.6 Å². The van der Waals surface area contributed by atoms with Crippen LogP contribution in [0.15, 0.2) is 75.0 Å². The Kier molecular flexibility index (Phi) is 8.04. The van der Waals surface area contributed by atoms with Gasteiger partial charge in [0.1, 0.15) is 0 Å². The number of hydrogen-bond acceptors (Lipinski definition) is 8. The van der Waals surface area contributed by atoms with Crippen molar-refractivity contribution in [3.05, 3.63) is 96.7 Å². The van der Waals surface area contributed by atoms with Gasteiger partial charge in [0.15, 0.2) is 16.3 Å². The quantitative estimate of drug-likeness (QED) is 0.266. The van der Waals surface area contributed by atoms with Crippen LogP contribution in [0.4, 0.5) is 0 Å². The first-order valence-electron chi connectivity index (χ1n) is 11.7. The molecule has 37 heavy (non-hydrogen) atoms. The van der Waals surface area contributed by atoms with Gasteiger partial charge in [0.05, 0.1) is 35.6 Å². The Morgan fingerprint density at radius 1 is 1.30 bits per heavy atom. The minimum absolute atomic E-state index is 0.0457. The summed E-state index contributed by atoms with van der Waals surface area (Å²) in [6.07, 6.45) is 5.87. The highest BCUT2D eigenvalue weighted by molar-refractivity contribution is 7.98. The van der Waals surface area contributed by atoms with Crippen LogP contribution in [0.3, 0.4) is 0 Å². The van der Waals surface area contributed by atoms with Crippen molar-refractivity contribution in [3.8, 4) is 11.5 Å². The second-order valence-corrected chi connectivity index (χ2v) is 10.2. The van der Waals surface area contributed by atoms with Crippen molar-refractivity contribution >= 4 is 35.1 Å². The number of rotatable bonds is 8. The standard InChI is InChI=1S/C28H28N2O5S2/c1-6-8-19-13-17(14-21(34-4)25(19)31)15-22-26(32)30-24(18-9-11-20(36-5)12-10-18)23(27(33)35-7-2)16(3)29-28(30)37-22/h6,9-15,24,31H,1,7-8H2,2-5H3. The van der Waals surface area contributed by atoms with E-state index in [1.54, 1.807) is 54.5 Å². The number of carbonyl (C=O) groups is 1. The molecule has 0 saturated carbocycles. The van der Waals surface area contributed by atoms with Crippen molar-refractivity contribution in [1.82, 2.24) is 4.57 Å². The summed E-state index contributed by atoms with van der Waals surface area (Å²) >= 11 is 2.86. The number of allylic oxidation sites excluding steroid dienone is 2. The lowest BCUT2D eigenvalue weighted by Crippen LogP contribution is -2.39. The van der Waals surface area contributed by atoms with Gasteiger partial charge in [-0.15, -0.1) is 18.3 Å². The molecule has 7 nitrogen and oxygen atoms in total. The van der Waals surface area contributed by atoms with Gasteiger partial charge in [0.2, 0.25) is 0 Å². The molecule has 0 radical (unpaired) electrons. The first-order chi connectivity index (χ1) is 17.8. The maximum atomic E-state index is 13.8. The lowest BCUT2D eigenvalue weighted by atomic mass is 9.96.